The first-order chi connectivity index (χ1) is 15.3. The van der Waals surface area contributed by atoms with Crippen LogP contribution in [0.2, 0.25) is 0 Å². The lowest BCUT2D eigenvalue weighted by Gasteiger charge is -2.50. The van der Waals surface area contributed by atoms with Gasteiger partial charge in [0, 0.05) is 44.8 Å². The van der Waals surface area contributed by atoms with Crippen molar-refractivity contribution in [3.05, 3.63) is 30.2 Å². The molecule has 2 saturated heterocycles. The van der Waals surface area contributed by atoms with E-state index in [9.17, 15) is 4.79 Å². The zero-order chi connectivity index (χ0) is 21.1. The highest BCUT2D eigenvalue weighted by molar-refractivity contribution is 5.83. The van der Waals surface area contributed by atoms with Crippen LogP contribution in [0, 0.1) is 11.3 Å². The molecule has 1 aliphatic carbocycles. The van der Waals surface area contributed by atoms with Crippen molar-refractivity contribution in [3.8, 4) is 0 Å². The van der Waals surface area contributed by atoms with Crippen LogP contribution >= 0.6 is 0 Å². The number of aromatic nitrogens is 3. The second kappa shape index (κ2) is 9.22. The minimum Gasteiger partial charge on any atom is -0.379 e. The minimum absolute atomic E-state index is 0.247. The summed E-state index contributed by atoms with van der Waals surface area (Å²) < 4.78 is 7.56. The van der Waals surface area contributed by atoms with Gasteiger partial charge in [-0.1, -0.05) is 6.07 Å². The monoisotopic (exact) mass is 426 g/mol. The maximum atomic E-state index is 13.4. The fraction of sp³-hybridized carbons (Fsp3) is 0.696. The van der Waals surface area contributed by atoms with Crippen LogP contribution in [0.5, 0.6) is 0 Å². The number of fused-ring (bicyclic) bond motifs is 2. The quantitative estimate of drug-likeness (QED) is 0.677. The molecule has 0 radical (unpaired) electrons. The number of rotatable bonds is 6. The summed E-state index contributed by atoms with van der Waals surface area (Å²) in [7, 11) is 0. The average molecular weight is 427 g/mol. The lowest BCUT2D eigenvalue weighted by atomic mass is 9.61. The highest BCUT2D eigenvalue weighted by Gasteiger charge is 2.50. The Hall–Kier alpha value is -2.03. The minimum atomic E-state index is -0.247. The van der Waals surface area contributed by atoms with E-state index < -0.39 is 0 Å². The molecule has 5 rings (SSSR count). The number of hydrogen-bond acceptors (Lipinski definition) is 6. The highest BCUT2D eigenvalue weighted by atomic mass is 16.5. The van der Waals surface area contributed by atoms with Crippen molar-refractivity contribution in [2.24, 2.45) is 11.3 Å². The summed E-state index contributed by atoms with van der Waals surface area (Å²) in [5.41, 5.74) is 0.622. The first-order valence-corrected chi connectivity index (χ1v) is 11.9. The largest absolute Gasteiger partial charge is 0.379 e. The molecule has 1 amide bonds. The average Bonchev–Trinajstić information content (AvgIpc) is 3.25. The number of nitrogens with one attached hydrogen (secondary N) is 2. The summed E-state index contributed by atoms with van der Waals surface area (Å²) in [5.74, 6) is 1.67. The normalized spacial score (nSPS) is 29.5. The number of morpholine rings is 1. The van der Waals surface area contributed by atoms with Crippen molar-refractivity contribution >= 4 is 11.6 Å². The number of carbonyl (C=O) groups excluding carboxylic acids is 1. The SMILES string of the molecule is O=C(NCCCc1nnc2ccccn12)[C@@]12CC[C@H](N3CCOCC3)C[C@H]1CCNC2. The molecule has 8 heteroatoms. The van der Waals surface area contributed by atoms with Crippen molar-refractivity contribution in [2.45, 2.75) is 44.6 Å². The Morgan fingerprint density at radius 1 is 1.26 bits per heavy atom. The predicted octanol–water partition coefficient (Wildman–Crippen LogP) is 1.26. The van der Waals surface area contributed by atoms with Gasteiger partial charge in [-0.15, -0.1) is 10.2 Å². The molecule has 4 heterocycles. The molecule has 0 aromatic carbocycles. The van der Waals surface area contributed by atoms with Crippen LogP contribution in [0.4, 0.5) is 0 Å². The first kappa shape index (κ1) is 20.8. The summed E-state index contributed by atoms with van der Waals surface area (Å²) in [6, 6.07) is 6.52. The first-order valence-electron chi connectivity index (χ1n) is 11.9. The van der Waals surface area contributed by atoms with E-state index in [2.05, 4.69) is 25.7 Å². The van der Waals surface area contributed by atoms with Crippen LogP contribution in [0.3, 0.4) is 0 Å². The van der Waals surface area contributed by atoms with E-state index in [1.165, 1.54) is 0 Å². The zero-order valence-corrected chi connectivity index (χ0v) is 18.3. The van der Waals surface area contributed by atoms with Crippen LogP contribution in [-0.4, -0.2) is 77.4 Å². The molecule has 3 atom stereocenters. The number of nitrogens with zero attached hydrogens (tertiary/aromatic N) is 4. The third-order valence-electron chi connectivity index (χ3n) is 7.63. The number of piperidine rings is 1. The van der Waals surface area contributed by atoms with Crippen LogP contribution in [0.25, 0.3) is 5.65 Å². The van der Waals surface area contributed by atoms with Crippen molar-refractivity contribution in [1.29, 1.82) is 0 Å². The molecule has 2 aromatic rings. The summed E-state index contributed by atoms with van der Waals surface area (Å²) >= 11 is 0. The van der Waals surface area contributed by atoms with Gasteiger partial charge in [0.15, 0.2) is 5.65 Å². The third kappa shape index (κ3) is 4.21. The van der Waals surface area contributed by atoms with Gasteiger partial charge in [-0.2, -0.15) is 0 Å². The second-order valence-corrected chi connectivity index (χ2v) is 9.30. The molecule has 2 aliphatic heterocycles. The van der Waals surface area contributed by atoms with Gasteiger partial charge in [-0.05, 0) is 56.7 Å². The predicted molar refractivity (Wildman–Crippen MR) is 118 cm³/mol. The summed E-state index contributed by atoms with van der Waals surface area (Å²) in [6.07, 6.45) is 7.99. The van der Waals surface area contributed by atoms with Gasteiger partial charge < -0.3 is 15.4 Å². The Balaban J connectivity index is 1.16. The molecule has 8 nitrogen and oxygen atoms in total. The van der Waals surface area contributed by atoms with Gasteiger partial charge >= 0.3 is 0 Å². The van der Waals surface area contributed by atoms with E-state index in [4.69, 9.17) is 4.74 Å². The number of amides is 1. The van der Waals surface area contributed by atoms with E-state index in [1.54, 1.807) is 0 Å². The zero-order valence-electron chi connectivity index (χ0n) is 18.3. The molecular formula is C23H34N6O2. The Morgan fingerprint density at radius 3 is 3.06 bits per heavy atom. The van der Waals surface area contributed by atoms with Crippen molar-refractivity contribution in [2.75, 3.05) is 45.9 Å². The molecule has 3 aliphatic rings. The molecule has 0 bridgehead atoms. The van der Waals surface area contributed by atoms with Crippen LogP contribution in [-0.2, 0) is 16.0 Å². The molecule has 168 valence electrons. The fourth-order valence-electron chi connectivity index (χ4n) is 5.85. The Morgan fingerprint density at radius 2 is 2.16 bits per heavy atom. The number of aryl methyl sites for hydroxylation is 1. The van der Waals surface area contributed by atoms with Crippen LogP contribution in [0.1, 0.15) is 37.9 Å². The molecule has 0 unspecified atom stereocenters. The fourth-order valence-corrected chi connectivity index (χ4v) is 5.85. The van der Waals surface area contributed by atoms with Gasteiger partial charge in [0.25, 0.3) is 0 Å². The van der Waals surface area contributed by atoms with Gasteiger partial charge in [0.05, 0.1) is 18.6 Å². The number of carbonyl (C=O) groups is 1. The second-order valence-electron chi connectivity index (χ2n) is 9.30. The summed E-state index contributed by atoms with van der Waals surface area (Å²) in [6.45, 7) is 6.27. The Bertz CT molecular complexity index is 895. The van der Waals surface area contributed by atoms with Gasteiger partial charge in [-0.25, -0.2) is 0 Å². The molecular weight excluding hydrogens is 392 g/mol. The topological polar surface area (TPSA) is 83.8 Å². The lowest BCUT2D eigenvalue weighted by Crippen LogP contribution is -2.60. The standard InChI is InChI=1S/C23H34N6O2/c30-22(25-9-3-5-21-27-26-20-4-1-2-11-29(20)21)23-8-6-19(28-12-14-31-15-13-28)16-18(23)7-10-24-17-23/h1-2,4,11,18-19,24H,3,5-10,12-17H2,(H,25,30)/t18-,19+,23-/m1/s1. The van der Waals surface area contributed by atoms with E-state index >= 15 is 0 Å². The Kier molecular flexibility index (Phi) is 6.20. The van der Waals surface area contributed by atoms with Crippen LogP contribution < -0.4 is 10.6 Å². The van der Waals surface area contributed by atoms with E-state index in [0.717, 1.165) is 89.4 Å². The van der Waals surface area contributed by atoms with Crippen molar-refractivity contribution < 1.29 is 9.53 Å². The van der Waals surface area contributed by atoms with Crippen molar-refractivity contribution in [3.63, 3.8) is 0 Å². The molecule has 31 heavy (non-hydrogen) atoms. The maximum Gasteiger partial charge on any atom is 0.227 e. The lowest BCUT2D eigenvalue weighted by molar-refractivity contribution is -0.140. The summed E-state index contributed by atoms with van der Waals surface area (Å²) in [4.78, 5) is 16.0. The number of ether oxygens (including phenoxy) is 1. The summed E-state index contributed by atoms with van der Waals surface area (Å²) in [5, 5.41) is 15.3. The third-order valence-corrected chi connectivity index (χ3v) is 7.63. The van der Waals surface area contributed by atoms with Crippen molar-refractivity contribution in [1.82, 2.24) is 30.1 Å². The van der Waals surface area contributed by atoms with E-state index in [1.807, 2.05) is 28.8 Å². The van der Waals surface area contributed by atoms with Gasteiger partial charge in [-0.3, -0.25) is 14.1 Å². The van der Waals surface area contributed by atoms with E-state index in [-0.39, 0.29) is 11.3 Å². The van der Waals surface area contributed by atoms with E-state index in [0.29, 0.717) is 18.5 Å². The van der Waals surface area contributed by atoms with Crippen LogP contribution in [0.15, 0.2) is 24.4 Å². The van der Waals surface area contributed by atoms with Gasteiger partial charge in [0.2, 0.25) is 5.91 Å². The molecule has 0 spiro atoms. The highest BCUT2D eigenvalue weighted by Crippen LogP contribution is 2.46. The molecule has 3 fully saturated rings. The molecule has 1 saturated carbocycles. The smallest absolute Gasteiger partial charge is 0.227 e. The van der Waals surface area contributed by atoms with Gasteiger partial charge in [0.1, 0.15) is 5.82 Å². The Labute approximate surface area is 183 Å². The molecule has 2 aromatic heterocycles. The molecule has 2 N–H and O–H groups in total. The maximum absolute atomic E-state index is 13.4. The number of hydrogen-bond donors (Lipinski definition) is 2. The number of pyridine rings is 1.